The zero-order chi connectivity index (χ0) is 16.8. The first-order chi connectivity index (χ1) is 11.0. The molecule has 3 nitrogen and oxygen atoms in total. The fraction of sp³-hybridized carbons (Fsp3) is 0.188. The van der Waals surface area contributed by atoms with Crippen LogP contribution in [0.15, 0.2) is 36.4 Å². The van der Waals surface area contributed by atoms with E-state index < -0.39 is 11.6 Å². The smallest absolute Gasteiger partial charge is 0.234 e. The second kappa shape index (κ2) is 8.17. The van der Waals surface area contributed by atoms with Gasteiger partial charge in [0.2, 0.25) is 5.91 Å². The molecule has 2 aromatic rings. The normalized spacial score (nSPS) is 10.4. The van der Waals surface area contributed by atoms with Crippen LogP contribution in [0.2, 0.25) is 5.02 Å². The van der Waals surface area contributed by atoms with Gasteiger partial charge >= 0.3 is 0 Å². The molecule has 0 saturated heterocycles. The van der Waals surface area contributed by atoms with Crippen LogP contribution in [0, 0.1) is 11.6 Å². The maximum absolute atomic E-state index is 13.6. The highest BCUT2D eigenvalue weighted by atomic mass is 35.5. The number of rotatable bonds is 6. The summed E-state index contributed by atoms with van der Waals surface area (Å²) in [6.45, 7) is 0. The van der Waals surface area contributed by atoms with Crippen molar-refractivity contribution in [2.24, 2.45) is 0 Å². The number of halogens is 3. The summed E-state index contributed by atoms with van der Waals surface area (Å²) in [6, 6.07) is 8.65. The van der Waals surface area contributed by atoms with E-state index in [4.69, 9.17) is 16.3 Å². The predicted molar refractivity (Wildman–Crippen MR) is 89.2 cm³/mol. The van der Waals surface area contributed by atoms with Crippen LogP contribution in [0.5, 0.6) is 5.75 Å². The van der Waals surface area contributed by atoms with Crippen LogP contribution in [-0.2, 0) is 10.5 Å². The number of anilines is 1. The molecule has 2 rings (SSSR count). The number of carbonyl (C=O) groups is 1. The van der Waals surface area contributed by atoms with Gasteiger partial charge in [0, 0.05) is 10.8 Å². The Balaban J connectivity index is 1.84. The second-order valence-corrected chi connectivity index (χ2v) is 6.06. The van der Waals surface area contributed by atoms with Crippen molar-refractivity contribution < 1.29 is 18.3 Å². The van der Waals surface area contributed by atoms with E-state index in [2.05, 4.69) is 5.32 Å². The summed E-state index contributed by atoms with van der Waals surface area (Å²) in [5.74, 6) is -0.626. The van der Waals surface area contributed by atoms with Gasteiger partial charge in [0.1, 0.15) is 5.82 Å². The summed E-state index contributed by atoms with van der Waals surface area (Å²) in [5.41, 5.74) is 0.814. The van der Waals surface area contributed by atoms with Crippen LogP contribution < -0.4 is 10.1 Å². The molecule has 0 saturated carbocycles. The summed E-state index contributed by atoms with van der Waals surface area (Å²) >= 11 is 6.94. The highest BCUT2D eigenvalue weighted by molar-refractivity contribution is 7.99. The minimum Gasteiger partial charge on any atom is -0.494 e. The highest BCUT2D eigenvalue weighted by Gasteiger charge is 2.09. The molecule has 0 heterocycles. The Morgan fingerprint density at radius 1 is 1.22 bits per heavy atom. The monoisotopic (exact) mass is 357 g/mol. The zero-order valence-electron chi connectivity index (χ0n) is 12.2. The second-order valence-electron chi connectivity index (χ2n) is 4.63. The third-order valence-electron chi connectivity index (χ3n) is 2.92. The molecule has 0 bridgehead atoms. The van der Waals surface area contributed by atoms with E-state index in [-0.39, 0.29) is 28.1 Å². The van der Waals surface area contributed by atoms with Gasteiger partial charge in [-0.1, -0.05) is 17.7 Å². The van der Waals surface area contributed by atoms with Gasteiger partial charge in [-0.3, -0.25) is 4.79 Å². The molecule has 122 valence electrons. The number of nitrogens with one attached hydrogen (secondary N) is 1. The molecular weight excluding hydrogens is 344 g/mol. The summed E-state index contributed by atoms with van der Waals surface area (Å²) in [4.78, 5) is 11.8. The molecule has 0 aliphatic rings. The number of amides is 1. The first kappa shape index (κ1) is 17.6. The molecule has 0 spiro atoms. The SMILES string of the molecule is COc1ccc(CSCC(=O)Nc2ccc(Cl)cc2F)cc1F. The number of ether oxygens (including phenoxy) is 1. The van der Waals surface area contributed by atoms with Crippen molar-refractivity contribution in [2.75, 3.05) is 18.2 Å². The van der Waals surface area contributed by atoms with Crippen molar-refractivity contribution in [3.63, 3.8) is 0 Å². The average molecular weight is 358 g/mol. The number of methoxy groups -OCH3 is 1. The Labute approximate surface area is 142 Å². The van der Waals surface area contributed by atoms with Gasteiger partial charge in [0.05, 0.1) is 18.6 Å². The lowest BCUT2D eigenvalue weighted by atomic mass is 10.2. The Kier molecular flexibility index (Phi) is 6.24. The summed E-state index contributed by atoms with van der Waals surface area (Å²) in [5, 5.41) is 2.73. The van der Waals surface area contributed by atoms with Crippen molar-refractivity contribution in [3.05, 3.63) is 58.6 Å². The molecule has 1 N–H and O–H groups in total. The van der Waals surface area contributed by atoms with Gasteiger partial charge in [-0.05, 0) is 35.9 Å². The van der Waals surface area contributed by atoms with E-state index >= 15 is 0 Å². The summed E-state index contributed by atoms with van der Waals surface area (Å²) in [6.07, 6.45) is 0. The number of hydrogen-bond donors (Lipinski definition) is 1. The molecule has 0 aromatic heterocycles. The molecule has 0 aliphatic carbocycles. The maximum Gasteiger partial charge on any atom is 0.234 e. The Bertz CT molecular complexity index is 712. The van der Waals surface area contributed by atoms with Crippen molar-refractivity contribution in [1.29, 1.82) is 0 Å². The van der Waals surface area contributed by atoms with Crippen LogP contribution in [0.3, 0.4) is 0 Å². The molecule has 0 aliphatic heterocycles. The van der Waals surface area contributed by atoms with Crippen molar-refractivity contribution in [2.45, 2.75) is 5.75 Å². The summed E-state index contributed by atoms with van der Waals surface area (Å²) < 4.78 is 31.9. The van der Waals surface area contributed by atoms with Crippen molar-refractivity contribution >= 4 is 35.0 Å². The third-order valence-corrected chi connectivity index (χ3v) is 4.16. The van der Waals surface area contributed by atoms with E-state index in [9.17, 15) is 13.6 Å². The van der Waals surface area contributed by atoms with Crippen LogP contribution in [0.25, 0.3) is 0 Å². The number of carbonyl (C=O) groups excluding carboxylic acids is 1. The van der Waals surface area contributed by atoms with Gasteiger partial charge in [0.15, 0.2) is 11.6 Å². The van der Waals surface area contributed by atoms with E-state index in [0.29, 0.717) is 5.75 Å². The van der Waals surface area contributed by atoms with Gasteiger partial charge < -0.3 is 10.1 Å². The van der Waals surface area contributed by atoms with Gasteiger partial charge in [-0.2, -0.15) is 0 Å². The summed E-state index contributed by atoms with van der Waals surface area (Å²) in [7, 11) is 1.40. The number of benzene rings is 2. The Hall–Kier alpha value is -1.79. The standard InChI is InChI=1S/C16H14ClF2NO2S/c1-22-15-5-2-10(6-13(15)19)8-23-9-16(21)20-14-4-3-11(17)7-12(14)18/h2-7H,8-9H2,1H3,(H,20,21). The number of thioether (sulfide) groups is 1. The maximum atomic E-state index is 13.6. The van der Waals surface area contributed by atoms with E-state index in [1.54, 1.807) is 6.07 Å². The van der Waals surface area contributed by atoms with Gasteiger partial charge in [-0.25, -0.2) is 8.78 Å². The van der Waals surface area contributed by atoms with Crippen molar-refractivity contribution in [3.8, 4) is 5.75 Å². The molecule has 0 atom stereocenters. The van der Waals surface area contributed by atoms with Crippen LogP contribution >= 0.6 is 23.4 Å². The van der Waals surface area contributed by atoms with E-state index in [1.807, 2.05) is 0 Å². The zero-order valence-corrected chi connectivity index (χ0v) is 13.8. The fourth-order valence-electron chi connectivity index (χ4n) is 1.84. The van der Waals surface area contributed by atoms with Crippen molar-refractivity contribution in [1.82, 2.24) is 0 Å². The molecule has 0 radical (unpaired) electrons. The molecule has 7 heteroatoms. The lowest BCUT2D eigenvalue weighted by Gasteiger charge is -2.07. The lowest BCUT2D eigenvalue weighted by Crippen LogP contribution is -2.15. The van der Waals surface area contributed by atoms with Crippen LogP contribution in [0.4, 0.5) is 14.5 Å². The largest absolute Gasteiger partial charge is 0.494 e. The molecule has 2 aromatic carbocycles. The minimum absolute atomic E-state index is 0.0792. The number of hydrogen-bond acceptors (Lipinski definition) is 3. The Morgan fingerprint density at radius 3 is 2.65 bits per heavy atom. The van der Waals surface area contributed by atoms with Gasteiger partial charge in [0.25, 0.3) is 0 Å². The quantitative estimate of drug-likeness (QED) is 0.827. The third kappa shape index (κ3) is 5.11. The average Bonchev–Trinajstić information content (AvgIpc) is 2.50. The van der Waals surface area contributed by atoms with E-state index in [0.717, 1.165) is 11.6 Å². The first-order valence-corrected chi connectivity index (χ1v) is 8.18. The molecular formula is C16H14ClF2NO2S. The molecule has 0 fully saturated rings. The fourth-order valence-corrected chi connectivity index (χ4v) is 2.77. The molecule has 0 unspecified atom stereocenters. The van der Waals surface area contributed by atoms with E-state index in [1.165, 1.54) is 43.1 Å². The first-order valence-electron chi connectivity index (χ1n) is 6.64. The van der Waals surface area contributed by atoms with Gasteiger partial charge in [-0.15, -0.1) is 11.8 Å². The Morgan fingerprint density at radius 2 is 2.00 bits per heavy atom. The molecule has 23 heavy (non-hydrogen) atoms. The molecule has 1 amide bonds. The predicted octanol–water partition coefficient (Wildman–Crippen LogP) is 4.50. The minimum atomic E-state index is -0.590. The topological polar surface area (TPSA) is 38.3 Å². The van der Waals surface area contributed by atoms with Crippen LogP contribution in [-0.4, -0.2) is 18.8 Å². The highest BCUT2D eigenvalue weighted by Crippen LogP contribution is 2.22. The lowest BCUT2D eigenvalue weighted by molar-refractivity contribution is -0.113. The van der Waals surface area contributed by atoms with Crippen LogP contribution in [0.1, 0.15) is 5.56 Å².